The van der Waals surface area contributed by atoms with Crippen LogP contribution in [0, 0.1) is 13.8 Å². The van der Waals surface area contributed by atoms with E-state index in [1.165, 1.54) is 0 Å². The van der Waals surface area contributed by atoms with Crippen molar-refractivity contribution in [3.8, 4) is 5.75 Å². The first-order valence-corrected chi connectivity index (χ1v) is 4.94. The summed E-state index contributed by atoms with van der Waals surface area (Å²) in [4.78, 5) is 0. The van der Waals surface area contributed by atoms with E-state index in [4.69, 9.17) is 10.5 Å². The molecule has 0 aliphatic carbocycles. The van der Waals surface area contributed by atoms with Crippen LogP contribution in [0.1, 0.15) is 17.0 Å². The first kappa shape index (κ1) is 10.5. The summed E-state index contributed by atoms with van der Waals surface area (Å²) in [7, 11) is 0. The molecule has 84 valence electrons. The SMILES string of the molecule is Cc1ccc(N)cc1OCc1nonc1C. The van der Waals surface area contributed by atoms with E-state index in [2.05, 4.69) is 14.9 Å². The van der Waals surface area contributed by atoms with Gasteiger partial charge < -0.3 is 10.5 Å². The molecule has 0 atom stereocenters. The third-order valence-corrected chi connectivity index (χ3v) is 2.32. The predicted octanol–water partition coefficient (Wildman–Crippen LogP) is 1.85. The van der Waals surface area contributed by atoms with Crippen LogP contribution in [0.15, 0.2) is 22.8 Å². The van der Waals surface area contributed by atoms with Gasteiger partial charge >= 0.3 is 0 Å². The van der Waals surface area contributed by atoms with Crippen LogP contribution < -0.4 is 10.5 Å². The van der Waals surface area contributed by atoms with Gasteiger partial charge in [-0.2, -0.15) is 0 Å². The molecule has 1 aromatic carbocycles. The van der Waals surface area contributed by atoms with Crippen molar-refractivity contribution in [2.45, 2.75) is 20.5 Å². The second-order valence-corrected chi connectivity index (χ2v) is 3.61. The minimum Gasteiger partial charge on any atom is -0.487 e. The lowest BCUT2D eigenvalue weighted by atomic mass is 10.2. The molecule has 0 spiro atoms. The fraction of sp³-hybridized carbons (Fsp3) is 0.273. The molecule has 1 heterocycles. The molecular formula is C11H13N3O2. The number of nitrogens with two attached hydrogens (primary N) is 1. The lowest BCUT2D eigenvalue weighted by Gasteiger charge is -2.08. The molecule has 0 unspecified atom stereocenters. The van der Waals surface area contributed by atoms with Gasteiger partial charge in [0.25, 0.3) is 0 Å². The zero-order valence-electron chi connectivity index (χ0n) is 9.23. The molecule has 5 heteroatoms. The second-order valence-electron chi connectivity index (χ2n) is 3.61. The van der Waals surface area contributed by atoms with Crippen molar-refractivity contribution in [3.63, 3.8) is 0 Å². The highest BCUT2D eigenvalue weighted by Gasteiger charge is 2.07. The van der Waals surface area contributed by atoms with E-state index in [0.29, 0.717) is 18.0 Å². The number of nitrogen functional groups attached to an aromatic ring is 1. The van der Waals surface area contributed by atoms with Gasteiger partial charge in [0, 0.05) is 11.8 Å². The number of anilines is 1. The molecule has 0 fully saturated rings. The van der Waals surface area contributed by atoms with E-state index in [1.807, 2.05) is 26.0 Å². The average molecular weight is 219 g/mol. The Bertz CT molecular complexity index is 494. The minimum atomic E-state index is 0.333. The van der Waals surface area contributed by atoms with Gasteiger partial charge in [-0.05, 0) is 25.5 Å². The normalized spacial score (nSPS) is 10.4. The summed E-state index contributed by atoms with van der Waals surface area (Å²) in [6.07, 6.45) is 0. The number of rotatable bonds is 3. The van der Waals surface area contributed by atoms with E-state index in [0.717, 1.165) is 17.0 Å². The molecule has 2 rings (SSSR count). The van der Waals surface area contributed by atoms with Crippen molar-refractivity contribution in [2.75, 3.05) is 5.73 Å². The van der Waals surface area contributed by atoms with Crippen molar-refractivity contribution in [1.82, 2.24) is 10.3 Å². The van der Waals surface area contributed by atoms with E-state index in [-0.39, 0.29) is 0 Å². The Labute approximate surface area is 93.2 Å². The molecule has 0 aliphatic rings. The topological polar surface area (TPSA) is 74.2 Å². The second kappa shape index (κ2) is 4.22. The maximum Gasteiger partial charge on any atom is 0.145 e. The lowest BCUT2D eigenvalue weighted by molar-refractivity contribution is 0.269. The molecule has 16 heavy (non-hydrogen) atoms. The highest BCUT2D eigenvalue weighted by Crippen LogP contribution is 2.21. The fourth-order valence-electron chi connectivity index (χ4n) is 1.30. The standard InChI is InChI=1S/C11H13N3O2/c1-7-3-4-9(12)5-11(7)15-6-10-8(2)13-16-14-10/h3-5H,6,12H2,1-2H3. The van der Waals surface area contributed by atoms with Crippen molar-refractivity contribution < 1.29 is 9.37 Å². The number of ether oxygens (including phenoxy) is 1. The molecule has 0 bridgehead atoms. The van der Waals surface area contributed by atoms with Gasteiger partial charge in [-0.15, -0.1) is 0 Å². The maximum absolute atomic E-state index is 5.68. The van der Waals surface area contributed by atoms with Gasteiger partial charge in [-0.1, -0.05) is 16.4 Å². The van der Waals surface area contributed by atoms with Crippen molar-refractivity contribution >= 4 is 5.69 Å². The first-order valence-electron chi connectivity index (χ1n) is 4.94. The van der Waals surface area contributed by atoms with Crippen LogP contribution in [0.25, 0.3) is 0 Å². The molecule has 0 saturated carbocycles. The Hall–Kier alpha value is -2.04. The number of hydrogen-bond donors (Lipinski definition) is 1. The van der Waals surface area contributed by atoms with Gasteiger partial charge in [0.15, 0.2) is 0 Å². The van der Waals surface area contributed by atoms with E-state index in [1.54, 1.807) is 6.07 Å². The Morgan fingerprint density at radius 3 is 2.81 bits per heavy atom. The van der Waals surface area contributed by atoms with Gasteiger partial charge in [-0.25, -0.2) is 4.63 Å². The highest BCUT2D eigenvalue weighted by atomic mass is 16.6. The van der Waals surface area contributed by atoms with Crippen molar-refractivity contribution in [1.29, 1.82) is 0 Å². The summed E-state index contributed by atoms with van der Waals surface area (Å²) in [5.41, 5.74) is 8.82. The molecule has 0 amide bonds. The maximum atomic E-state index is 5.68. The lowest BCUT2D eigenvalue weighted by Crippen LogP contribution is -1.99. The Kier molecular flexibility index (Phi) is 2.76. The number of hydrogen-bond acceptors (Lipinski definition) is 5. The molecule has 0 radical (unpaired) electrons. The van der Waals surface area contributed by atoms with Crippen LogP contribution in [0.3, 0.4) is 0 Å². The number of benzene rings is 1. The van der Waals surface area contributed by atoms with E-state index in [9.17, 15) is 0 Å². The van der Waals surface area contributed by atoms with Gasteiger partial charge in [0.05, 0.1) is 0 Å². The Morgan fingerprint density at radius 2 is 2.12 bits per heavy atom. The van der Waals surface area contributed by atoms with Gasteiger partial charge in [0.1, 0.15) is 23.7 Å². The highest BCUT2D eigenvalue weighted by molar-refractivity contribution is 5.47. The average Bonchev–Trinajstić information content (AvgIpc) is 2.66. The zero-order chi connectivity index (χ0) is 11.5. The van der Waals surface area contributed by atoms with Crippen LogP contribution in [-0.2, 0) is 6.61 Å². The third kappa shape index (κ3) is 2.13. The van der Waals surface area contributed by atoms with Gasteiger partial charge in [-0.3, -0.25) is 0 Å². The van der Waals surface area contributed by atoms with Crippen LogP contribution in [0.2, 0.25) is 0 Å². The van der Waals surface area contributed by atoms with Crippen LogP contribution >= 0.6 is 0 Å². The van der Waals surface area contributed by atoms with E-state index < -0.39 is 0 Å². The molecule has 5 nitrogen and oxygen atoms in total. The largest absolute Gasteiger partial charge is 0.487 e. The van der Waals surface area contributed by atoms with Crippen LogP contribution in [0.5, 0.6) is 5.75 Å². The van der Waals surface area contributed by atoms with Crippen LogP contribution in [-0.4, -0.2) is 10.3 Å². The minimum absolute atomic E-state index is 0.333. The summed E-state index contributed by atoms with van der Waals surface area (Å²) in [5, 5.41) is 7.42. The predicted molar refractivity (Wildman–Crippen MR) is 59.0 cm³/mol. The summed E-state index contributed by atoms with van der Waals surface area (Å²) in [6, 6.07) is 5.54. The Balaban J connectivity index is 2.10. The van der Waals surface area contributed by atoms with Crippen LogP contribution in [0.4, 0.5) is 5.69 Å². The molecular weight excluding hydrogens is 206 g/mol. The third-order valence-electron chi connectivity index (χ3n) is 2.32. The summed E-state index contributed by atoms with van der Waals surface area (Å²) < 4.78 is 10.2. The summed E-state index contributed by atoms with van der Waals surface area (Å²) in [5.74, 6) is 0.752. The zero-order valence-corrected chi connectivity index (χ0v) is 9.23. The van der Waals surface area contributed by atoms with E-state index >= 15 is 0 Å². The van der Waals surface area contributed by atoms with Crippen molar-refractivity contribution in [2.24, 2.45) is 0 Å². The number of aromatic nitrogens is 2. The molecule has 2 aromatic rings. The number of nitrogens with zero attached hydrogens (tertiary/aromatic N) is 2. The summed E-state index contributed by atoms with van der Waals surface area (Å²) in [6.45, 7) is 4.11. The molecule has 1 aromatic heterocycles. The fourth-order valence-corrected chi connectivity index (χ4v) is 1.30. The molecule has 0 saturated heterocycles. The van der Waals surface area contributed by atoms with Gasteiger partial charge in [0.2, 0.25) is 0 Å². The first-order chi connectivity index (χ1) is 7.66. The number of aryl methyl sites for hydroxylation is 2. The monoisotopic (exact) mass is 219 g/mol. The molecule has 0 aliphatic heterocycles. The summed E-state index contributed by atoms with van der Waals surface area (Å²) >= 11 is 0. The quantitative estimate of drug-likeness (QED) is 0.797. The molecule has 2 N–H and O–H groups in total. The Morgan fingerprint density at radius 1 is 1.31 bits per heavy atom. The van der Waals surface area contributed by atoms with Crippen molar-refractivity contribution in [3.05, 3.63) is 35.2 Å². The smallest absolute Gasteiger partial charge is 0.145 e.